The maximum Gasteiger partial charge on any atom is 0.341 e. The molecule has 2 aromatic rings. The van der Waals surface area contributed by atoms with Crippen molar-refractivity contribution in [1.29, 1.82) is 0 Å². The monoisotopic (exact) mass is 459 g/mol. The number of carboxylic acids is 1. The molecule has 8 nitrogen and oxygen atoms in total. The Bertz CT molecular complexity index is 928. The van der Waals surface area contributed by atoms with Gasteiger partial charge in [-0.15, -0.1) is 0 Å². The number of piperazine rings is 1. The molecule has 2 N–H and O–H groups in total. The van der Waals surface area contributed by atoms with Gasteiger partial charge in [0, 0.05) is 49.9 Å². The minimum atomic E-state index is -1.09. The van der Waals surface area contributed by atoms with E-state index in [0.29, 0.717) is 5.56 Å². The second-order valence-corrected chi connectivity index (χ2v) is 8.76. The first kappa shape index (κ1) is 23.7. The summed E-state index contributed by atoms with van der Waals surface area (Å²) in [6.07, 6.45) is 0.155. The summed E-state index contributed by atoms with van der Waals surface area (Å²) in [4.78, 5) is 26.4. The summed E-state index contributed by atoms with van der Waals surface area (Å²) in [6, 6.07) is 13.4. The predicted molar refractivity (Wildman–Crippen MR) is 125 cm³/mol. The van der Waals surface area contributed by atoms with Crippen LogP contribution in [-0.2, 0) is 4.79 Å². The molecule has 0 aliphatic carbocycles. The zero-order valence-electron chi connectivity index (χ0n) is 18.5. The standard InChI is InChI=1S/C23H29N3O5S/c1-16(2)31-18-5-7-19(8-6-18)32-26-12-10-25(11-13-26)17-4-9-20(23(29)24-3)21(14-17)30-15-22(27)28/h4-9,14,16H,10-13,15H2,1-3H3,(H,24,29)(H,27,28). The van der Waals surface area contributed by atoms with Gasteiger partial charge in [0.05, 0.1) is 11.7 Å². The highest BCUT2D eigenvalue weighted by Gasteiger charge is 2.21. The van der Waals surface area contributed by atoms with Gasteiger partial charge in [-0.05, 0) is 62.2 Å². The second-order valence-electron chi connectivity index (χ2n) is 7.59. The zero-order valence-corrected chi connectivity index (χ0v) is 19.4. The number of carboxylic acid groups (broad SMARTS) is 1. The summed E-state index contributed by atoms with van der Waals surface area (Å²) >= 11 is 1.72. The van der Waals surface area contributed by atoms with Gasteiger partial charge < -0.3 is 24.8 Å². The molecule has 0 aromatic heterocycles. The molecular weight excluding hydrogens is 430 g/mol. The van der Waals surface area contributed by atoms with Gasteiger partial charge in [-0.3, -0.25) is 4.79 Å². The van der Waals surface area contributed by atoms with E-state index in [0.717, 1.165) is 42.5 Å². The van der Waals surface area contributed by atoms with E-state index < -0.39 is 12.6 Å². The lowest BCUT2D eigenvalue weighted by Crippen LogP contribution is -2.43. The molecule has 1 aliphatic heterocycles. The molecule has 2 aromatic carbocycles. The van der Waals surface area contributed by atoms with Crippen LogP contribution in [0.15, 0.2) is 47.4 Å². The average Bonchev–Trinajstić information content (AvgIpc) is 2.78. The second kappa shape index (κ2) is 11.1. The molecule has 0 unspecified atom stereocenters. The molecule has 0 bridgehead atoms. The summed E-state index contributed by atoms with van der Waals surface area (Å²) in [5, 5.41) is 11.5. The maximum absolute atomic E-state index is 12.1. The Balaban J connectivity index is 1.60. The van der Waals surface area contributed by atoms with Crippen LogP contribution < -0.4 is 19.7 Å². The third kappa shape index (κ3) is 6.54. The fourth-order valence-corrected chi connectivity index (χ4v) is 4.23. The maximum atomic E-state index is 12.1. The SMILES string of the molecule is CNC(=O)c1ccc(N2CCN(Sc3ccc(OC(C)C)cc3)CC2)cc1OCC(=O)O. The highest BCUT2D eigenvalue weighted by atomic mass is 32.2. The van der Waals surface area contributed by atoms with Crippen molar-refractivity contribution in [2.45, 2.75) is 24.8 Å². The Morgan fingerprint density at radius 2 is 1.78 bits per heavy atom. The number of rotatable bonds is 9. The van der Waals surface area contributed by atoms with Crippen LogP contribution in [0.5, 0.6) is 11.5 Å². The fraction of sp³-hybridized carbons (Fsp3) is 0.391. The molecule has 1 heterocycles. The van der Waals surface area contributed by atoms with Crippen LogP contribution in [0.4, 0.5) is 5.69 Å². The number of carbonyl (C=O) groups excluding carboxylic acids is 1. The lowest BCUT2D eigenvalue weighted by atomic mass is 10.1. The van der Waals surface area contributed by atoms with Gasteiger partial charge in [-0.25, -0.2) is 9.10 Å². The van der Waals surface area contributed by atoms with Crippen molar-refractivity contribution in [3.8, 4) is 11.5 Å². The van der Waals surface area contributed by atoms with Crippen LogP contribution >= 0.6 is 11.9 Å². The largest absolute Gasteiger partial charge is 0.491 e. The Kier molecular flexibility index (Phi) is 8.24. The number of hydrogen-bond donors (Lipinski definition) is 2. The lowest BCUT2D eigenvalue weighted by Gasteiger charge is -2.35. The number of amides is 1. The number of anilines is 1. The number of nitrogens with zero attached hydrogens (tertiary/aromatic N) is 2. The number of nitrogens with one attached hydrogen (secondary N) is 1. The summed E-state index contributed by atoms with van der Waals surface area (Å²) < 4.78 is 13.4. The van der Waals surface area contributed by atoms with E-state index in [-0.39, 0.29) is 17.8 Å². The molecule has 32 heavy (non-hydrogen) atoms. The minimum Gasteiger partial charge on any atom is -0.491 e. The van der Waals surface area contributed by atoms with Gasteiger partial charge in [0.25, 0.3) is 5.91 Å². The van der Waals surface area contributed by atoms with E-state index in [9.17, 15) is 9.59 Å². The van der Waals surface area contributed by atoms with Crippen LogP contribution in [0.2, 0.25) is 0 Å². The molecule has 0 spiro atoms. The molecule has 9 heteroatoms. The van der Waals surface area contributed by atoms with Crippen LogP contribution in [0.3, 0.4) is 0 Å². The summed E-state index contributed by atoms with van der Waals surface area (Å²) in [5.41, 5.74) is 1.22. The predicted octanol–water partition coefficient (Wildman–Crippen LogP) is 3.13. The lowest BCUT2D eigenvalue weighted by molar-refractivity contribution is -0.139. The van der Waals surface area contributed by atoms with Crippen LogP contribution in [-0.4, -0.2) is 67.2 Å². The van der Waals surface area contributed by atoms with Crippen LogP contribution in [0, 0.1) is 0 Å². The van der Waals surface area contributed by atoms with E-state index in [2.05, 4.69) is 26.7 Å². The zero-order chi connectivity index (χ0) is 23.1. The average molecular weight is 460 g/mol. The van der Waals surface area contributed by atoms with Crippen molar-refractivity contribution in [2.24, 2.45) is 0 Å². The number of carbonyl (C=O) groups is 2. The van der Waals surface area contributed by atoms with E-state index >= 15 is 0 Å². The number of hydrogen-bond acceptors (Lipinski definition) is 7. The van der Waals surface area contributed by atoms with Crippen molar-refractivity contribution >= 4 is 29.5 Å². The van der Waals surface area contributed by atoms with E-state index in [1.54, 1.807) is 24.1 Å². The Morgan fingerprint density at radius 3 is 2.38 bits per heavy atom. The first-order chi connectivity index (χ1) is 15.4. The summed E-state index contributed by atoms with van der Waals surface area (Å²) in [7, 11) is 1.53. The first-order valence-electron chi connectivity index (χ1n) is 10.5. The first-order valence-corrected chi connectivity index (χ1v) is 11.3. The third-order valence-electron chi connectivity index (χ3n) is 4.82. The van der Waals surface area contributed by atoms with Gasteiger partial charge in [0.1, 0.15) is 11.5 Å². The molecular formula is C23H29N3O5S. The summed E-state index contributed by atoms with van der Waals surface area (Å²) in [5.74, 6) is -0.268. The molecule has 0 radical (unpaired) electrons. The molecule has 0 atom stereocenters. The normalized spacial score (nSPS) is 14.3. The van der Waals surface area contributed by atoms with Crippen molar-refractivity contribution in [3.05, 3.63) is 48.0 Å². The Hall–Kier alpha value is -2.91. The Labute approximate surface area is 192 Å². The molecule has 3 rings (SSSR count). The van der Waals surface area contributed by atoms with Crippen molar-refractivity contribution < 1.29 is 24.2 Å². The molecule has 0 saturated carbocycles. The van der Waals surface area contributed by atoms with Gasteiger partial charge >= 0.3 is 5.97 Å². The van der Waals surface area contributed by atoms with Gasteiger partial charge in [0.15, 0.2) is 6.61 Å². The molecule has 172 valence electrons. The molecule has 1 aliphatic rings. The smallest absolute Gasteiger partial charge is 0.341 e. The minimum absolute atomic E-state index is 0.155. The van der Waals surface area contributed by atoms with Crippen molar-refractivity contribution in [1.82, 2.24) is 9.62 Å². The Morgan fingerprint density at radius 1 is 1.09 bits per heavy atom. The topological polar surface area (TPSA) is 91.3 Å². The number of aliphatic carboxylic acids is 1. The van der Waals surface area contributed by atoms with Gasteiger partial charge in [0.2, 0.25) is 0 Å². The highest BCUT2D eigenvalue weighted by molar-refractivity contribution is 7.97. The molecule has 1 amide bonds. The molecule has 1 fully saturated rings. The highest BCUT2D eigenvalue weighted by Crippen LogP contribution is 2.30. The van der Waals surface area contributed by atoms with E-state index in [1.807, 2.05) is 32.0 Å². The fourth-order valence-electron chi connectivity index (χ4n) is 3.33. The number of ether oxygens (including phenoxy) is 2. The summed E-state index contributed by atoms with van der Waals surface area (Å²) in [6.45, 7) is 6.84. The van der Waals surface area contributed by atoms with E-state index in [4.69, 9.17) is 14.6 Å². The molecule has 1 saturated heterocycles. The van der Waals surface area contributed by atoms with E-state index in [1.165, 1.54) is 7.05 Å². The van der Waals surface area contributed by atoms with Crippen molar-refractivity contribution in [2.75, 3.05) is 44.7 Å². The van der Waals surface area contributed by atoms with Gasteiger partial charge in [-0.2, -0.15) is 0 Å². The quantitative estimate of drug-likeness (QED) is 0.553. The number of benzene rings is 2. The van der Waals surface area contributed by atoms with Crippen LogP contribution in [0.25, 0.3) is 0 Å². The van der Waals surface area contributed by atoms with Gasteiger partial charge in [-0.1, -0.05) is 0 Å². The van der Waals surface area contributed by atoms with Crippen molar-refractivity contribution in [3.63, 3.8) is 0 Å². The third-order valence-corrected chi connectivity index (χ3v) is 5.93. The van der Waals surface area contributed by atoms with Crippen LogP contribution in [0.1, 0.15) is 24.2 Å².